The minimum absolute atomic E-state index is 0.259. The van der Waals surface area contributed by atoms with Crippen molar-refractivity contribution in [3.63, 3.8) is 0 Å². The number of hydrogen-bond donors (Lipinski definition) is 1. The molecule has 1 atom stereocenters. The molecule has 86 valence electrons. The molecule has 1 aromatic heterocycles. The van der Waals surface area contributed by atoms with E-state index >= 15 is 0 Å². The highest BCUT2D eigenvalue weighted by molar-refractivity contribution is 5.81. The minimum Gasteiger partial charge on any atom is -0.349 e. The first kappa shape index (κ1) is 11.0. The number of amides is 1. The van der Waals surface area contributed by atoms with Crippen LogP contribution in [0.15, 0.2) is 24.4 Å². The summed E-state index contributed by atoms with van der Waals surface area (Å²) >= 11 is 0. The number of pyridine rings is 1. The molecule has 1 aliphatic heterocycles. The van der Waals surface area contributed by atoms with Crippen molar-refractivity contribution < 1.29 is 9.28 Å². The summed E-state index contributed by atoms with van der Waals surface area (Å²) < 4.78 is 13.1. The molecule has 5 heteroatoms. The number of nitrogens with one attached hydrogen (secondary N) is 1. The van der Waals surface area contributed by atoms with Crippen LogP contribution in [0.4, 0.5) is 4.48 Å². The van der Waals surface area contributed by atoms with E-state index in [0.717, 1.165) is 12.1 Å². The van der Waals surface area contributed by atoms with Crippen LogP contribution in [0.25, 0.3) is 0 Å². The maximum Gasteiger partial charge on any atom is 0.240 e. The predicted molar refractivity (Wildman–Crippen MR) is 56.9 cm³/mol. The second-order valence-corrected chi connectivity index (χ2v) is 3.82. The van der Waals surface area contributed by atoms with Gasteiger partial charge in [-0.3, -0.25) is 9.78 Å². The largest absolute Gasteiger partial charge is 0.349 e. The average Bonchev–Trinajstić information content (AvgIpc) is 2.74. The molecule has 1 aliphatic rings. The molecule has 2 heterocycles. The van der Waals surface area contributed by atoms with Gasteiger partial charge in [0.15, 0.2) is 0 Å². The lowest BCUT2D eigenvalue weighted by molar-refractivity contribution is -0.131. The lowest BCUT2D eigenvalue weighted by Gasteiger charge is -2.14. The monoisotopic (exact) mass is 223 g/mol. The van der Waals surface area contributed by atoms with Gasteiger partial charge in [-0.25, -0.2) is 0 Å². The van der Waals surface area contributed by atoms with Crippen LogP contribution in [0.1, 0.15) is 18.5 Å². The van der Waals surface area contributed by atoms with Crippen molar-refractivity contribution in [3.8, 4) is 0 Å². The zero-order valence-corrected chi connectivity index (χ0v) is 8.90. The van der Waals surface area contributed by atoms with Gasteiger partial charge in [-0.1, -0.05) is 6.07 Å². The highest BCUT2D eigenvalue weighted by atomic mass is 19.2. The summed E-state index contributed by atoms with van der Waals surface area (Å²) in [6.45, 7) is 0.700. The Hall–Kier alpha value is -1.49. The first-order valence-electron chi connectivity index (χ1n) is 5.37. The fourth-order valence-corrected chi connectivity index (χ4v) is 1.79. The van der Waals surface area contributed by atoms with Crippen LogP contribution in [0.2, 0.25) is 0 Å². The Morgan fingerprint density at radius 3 is 3.12 bits per heavy atom. The van der Waals surface area contributed by atoms with E-state index < -0.39 is 6.04 Å². The Bertz CT molecular complexity index is 358. The van der Waals surface area contributed by atoms with E-state index in [1.807, 2.05) is 18.2 Å². The number of aromatic nitrogens is 1. The molecule has 0 bridgehead atoms. The van der Waals surface area contributed by atoms with E-state index in [2.05, 4.69) is 10.3 Å². The van der Waals surface area contributed by atoms with Crippen molar-refractivity contribution >= 4 is 5.91 Å². The van der Waals surface area contributed by atoms with Crippen molar-refractivity contribution in [3.05, 3.63) is 30.1 Å². The quantitative estimate of drug-likeness (QED) is 0.779. The molecule has 1 aromatic rings. The number of rotatable bonds is 3. The first-order chi connectivity index (χ1) is 7.77. The van der Waals surface area contributed by atoms with Gasteiger partial charge in [0.05, 0.1) is 12.2 Å². The fraction of sp³-hybridized carbons (Fsp3) is 0.455. The Labute approximate surface area is 93.4 Å². The van der Waals surface area contributed by atoms with Crippen molar-refractivity contribution in [2.45, 2.75) is 25.4 Å². The Balaban J connectivity index is 1.84. The van der Waals surface area contributed by atoms with Gasteiger partial charge in [0.1, 0.15) is 6.04 Å². The van der Waals surface area contributed by atoms with Crippen LogP contribution in [0, 0.1) is 0 Å². The van der Waals surface area contributed by atoms with Crippen LogP contribution in [-0.4, -0.2) is 28.6 Å². The molecule has 4 nitrogen and oxygen atoms in total. The Morgan fingerprint density at radius 2 is 2.50 bits per heavy atom. The maximum absolute atomic E-state index is 13.1. The fourth-order valence-electron chi connectivity index (χ4n) is 1.79. The summed E-state index contributed by atoms with van der Waals surface area (Å²) in [6.07, 6.45) is 2.99. The molecule has 1 unspecified atom stereocenters. The third kappa shape index (κ3) is 2.55. The van der Waals surface area contributed by atoms with Gasteiger partial charge in [-0.05, 0) is 25.0 Å². The molecule has 0 saturated carbocycles. The van der Waals surface area contributed by atoms with Gasteiger partial charge in [-0.2, -0.15) is 0 Å². The molecular weight excluding hydrogens is 209 g/mol. The van der Waals surface area contributed by atoms with E-state index in [9.17, 15) is 9.28 Å². The van der Waals surface area contributed by atoms with Gasteiger partial charge < -0.3 is 5.32 Å². The van der Waals surface area contributed by atoms with Crippen LogP contribution >= 0.6 is 0 Å². The Morgan fingerprint density at radius 1 is 1.62 bits per heavy atom. The SMILES string of the molecule is O=C(NCc1ccccn1)C1CCCN1F. The average molecular weight is 223 g/mol. The maximum atomic E-state index is 13.1. The summed E-state index contributed by atoms with van der Waals surface area (Å²) in [5.41, 5.74) is 0.777. The van der Waals surface area contributed by atoms with Gasteiger partial charge in [-0.15, -0.1) is 9.60 Å². The highest BCUT2D eigenvalue weighted by Crippen LogP contribution is 2.17. The van der Waals surface area contributed by atoms with Crippen molar-refractivity contribution in [1.29, 1.82) is 0 Å². The van der Waals surface area contributed by atoms with Crippen molar-refractivity contribution in [2.75, 3.05) is 6.54 Å². The molecule has 0 aromatic carbocycles. The summed E-state index contributed by atoms with van der Waals surface area (Å²) in [5, 5.41) is 3.29. The third-order valence-electron chi connectivity index (χ3n) is 2.66. The second kappa shape index (κ2) is 5.03. The minimum atomic E-state index is -0.622. The number of carbonyl (C=O) groups is 1. The molecular formula is C11H14FN3O. The van der Waals surface area contributed by atoms with Gasteiger partial charge >= 0.3 is 0 Å². The third-order valence-corrected chi connectivity index (χ3v) is 2.66. The molecule has 1 amide bonds. The summed E-state index contributed by atoms with van der Waals surface area (Å²) in [4.78, 5) is 15.7. The highest BCUT2D eigenvalue weighted by Gasteiger charge is 2.30. The summed E-state index contributed by atoms with van der Waals surface area (Å²) in [7, 11) is 0. The number of carbonyl (C=O) groups excluding carboxylic acids is 1. The van der Waals surface area contributed by atoms with E-state index in [4.69, 9.17) is 0 Å². The van der Waals surface area contributed by atoms with Crippen molar-refractivity contribution in [2.24, 2.45) is 0 Å². The van der Waals surface area contributed by atoms with E-state index in [1.54, 1.807) is 6.20 Å². The van der Waals surface area contributed by atoms with Crippen LogP contribution in [0.3, 0.4) is 0 Å². The summed E-state index contributed by atoms with van der Waals surface area (Å²) in [6, 6.07) is 4.86. The van der Waals surface area contributed by atoms with Crippen LogP contribution < -0.4 is 5.32 Å². The molecule has 1 saturated heterocycles. The van der Waals surface area contributed by atoms with Gasteiger partial charge in [0.2, 0.25) is 5.91 Å². The summed E-state index contributed by atoms with van der Waals surface area (Å²) in [5.74, 6) is -0.259. The normalized spacial score (nSPS) is 20.9. The van der Waals surface area contributed by atoms with E-state index in [1.165, 1.54) is 0 Å². The first-order valence-corrected chi connectivity index (χ1v) is 5.37. The van der Waals surface area contributed by atoms with Crippen LogP contribution in [0.5, 0.6) is 0 Å². The molecule has 0 aliphatic carbocycles. The molecule has 1 N–H and O–H groups in total. The Kier molecular flexibility index (Phi) is 3.46. The van der Waals surface area contributed by atoms with Gasteiger partial charge in [0.25, 0.3) is 0 Å². The standard InChI is InChI=1S/C11H14FN3O/c12-15-7-3-5-10(15)11(16)14-8-9-4-1-2-6-13-9/h1-2,4,6,10H,3,5,7-8H2,(H,14,16). The zero-order chi connectivity index (χ0) is 11.4. The topological polar surface area (TPSA) is 45.2 Å². The predicted octanol–water partition coefficient (Wildman–Crippen LogP) is 1.05. The van der Waals surface area contributed by atoms with Gasteiger partial charge in [0, 0.05) is 12.7 Å². The zero-order valence-electron chi connectivity index (χ0n) is 8.90. The van der Waals surface area contributed by atoms with Crippen LogP contribution in [-0.2, 0) is 11.3 Å². The second-order valence-electron chi connectivity index (χ2n) is 3.82. The molecule has 16 heavy (non-hydrogen) atoms. The number of nitrogens with zero attached hydrogens (tertiary/aromatic N) is 2. The number of hydrogen-bond acceptors (Lipinski definition) is 3. The molecule has 0 radical (unpaired) electrons. The van der Waals surface area contributed by atoms with E-state index in [-0.39, 0.29) is 5.91 Å². The lowest BCUT2D eigenvalue weighted by atomic mass is 10.2. The number of halogens is 1. The molecule has 1 fully saturated rings. The lowest BCUT2D eigenvalue weighted by Crippen LogP contribution is -2.39. The molecule has 0 spiro atoms. The molecule has 2 rings (SSSR count). The van der Waals surface area contributed by atoms with Crippen molar-refractivity contribution in [1.82, 2.24) is 15.4 Å². The smallest absolute Gasteiger partial charge is 0.240 e. The van der Waals surface area contributed by atoms with E-state index in [0.29, 0.717) is 24.6 Å².